The van der Waals surface area contributed by atoms with Gasteiger partial charge in [0.2, 0.25) is 0 Å². The molecule has 176 valence electrons. The molecule has 34 heavy (non-hydrogen) atoms. The molecule has 1 N–H and O–H groups in total. The average Bonchev–Trinajstić information content (AvgIpc) is 3.47. The van der Waals surface area contributed by atoms with Crippen molar-refractivity contribution < 1.29 is 9.53 Å². The largest absolute Gasteiger partial charge is 0.372 e. The molecule has 4 aromatic rings. The Morgan fingerprint density at radius 1 is 1.21 bits per heavy atom. The summed E-state index contributed by atoms with van der Waals surface area (Å²) in [6.07, 6.45) is 3.91. The molecular formula is C25H28N6O2S. The maximum absolute atomic E-state index is 13.1. The predicted octanol–water partition coefficient (Wildman–Crippen LogP) is 3.79. The van der Waals surface area contributed by atoms with Gasteiger partial charge in [-0.05, 0) is 49.9 Å². The van der Waals surface area contributed by atoms with Gasteiger partial charge in [-0.3, -0.25) is 4.79 Å². The number of anilines is 1. The van der Waals surface area contributed by atoms with E-state index in [-0.39, 0.29) is 18.1 Å². The molecule has 4 aromatic heterocycles. The van der Waals surface area contributed by atoms with Crippen molar-refractivity contribution in [2.45, 2.75) is 46.1 Å². The number of fused-ring (bicyclic) bond motifs is 1. The van der Waals surface area contributed by atoms with Crippen LogP contribution >= 0.6 is 11.3 Å². The molecule has 1 aliphatic heterocycles. The Labute approximate surface area is 202 Å². The third-order valence-electron chi connectivity index (χ3n) is 5.87. The normalized spacial score (nSPS) is 18.4. The number of morpholine rings is 1. The van der Waals surface area contributed by atoms with E-state index in [0.29, 0.717) is 18.7 Å². The highest BCUT2D eigenvalue weighted by Crippen LogP contribution is 2.21. The zero-order valence-corrected chi connectivity index (χ0v) is 20.4. The van der Waals surface area contributed by atoms with Gasteiger partial charge < -0.3 is 15.0 Å². The van der Waals surface area contributed by atoms with Gasteiger partial charge in [-0.1, -0.05) is 12.1 Å². The number of carbonyl (C=O) groups excluding carboxylic acids is 1. The van der Waals surface area contributed by atoms with Gasteiger partial charge in [-0.15, -0.1) is 11.3 Å². The summed E-state index contributed by atoms with van der Waals surface area (Å²) < 4.78 is 7.66. The van der Waals surface area contributed by atoms with Gasteiger partial charge in [0, 0.05) is 36.4 Å². The Morgan fingerprint density at radius 2 is 2.03 bits per heavy atom. The van der Waals surface area contributed by atoms with Gasteiger partial charge in [0.05, 0.1) is 35.9 Å². The first kappa shape index (κ1) is 22.5. The maximum atomic E-state index is 13.1. The molecule has 0 aromatic carbocycles. The van der Waals surface area contributed by atoms with Crippen LogP contribution in [0.4, 0.5) is 5.82 Å². The highest BCUT2D eigenvalue weighted by Gasteiger charge is 2.23. The molecule has 1 fully saturated rings. The van der Waals surface area contributed by atoms with Crippen LogP contribution in [0.5, 0.6) is 0 Å². The van der Waals surface area contributed by atoms with Crippen molar-refractivity contribution in [2.75, 3.05) is 18.0 Å². The summed E-state index contributed by atoms with van der Waals surface area (Å²) in [7, 11) is 0. The number of aromatic nitrogens is 4. The number of thiophene rings is 1. The lowest BCUT2D eigenvalue weighted by Gasteiger charge is -2.36. The zero-order chi connectivity index (χ0) is 23.7. The number of nitrogens with zero attached hydrogens (tertiary/aromatic N) is 5. The van der Waals surface area contributed by atoms with Crippen LogP contribution in [0, 0.1) is 6.92 Å². The molecule has 0 saturated carbocycles. The first-order chi connectivity index (χ1) is 16.5. The summed E-state index contributed by atoms with van der Waals surface area (Å²) in [5.41, 5.74) is 3.03. The number of amides is 1. The molecule has 1 amide bonds. The van der Waals surface area contributed by atoms with Crippen LogP contribution in [-0.4, -0.2) is 51.0 Å². The molecule has 8 nitrogen and oxygen atoms in total. The third kappa shape index (κ3) is 4.80. The van der Waals surface area contributed by atoms with E-state index in [1.807, 2.05) is 47.4 Å². The second-order valence-electron chi connectivity index (χ2n) is 8.80. The molecule has 9 heteroatoms. The van der Waals surface area contributed by atoms with Crippen LogP contribution in [0.3, 0.4) is 0 Å². The molecular weight excluding hydrogens is 448 g/mol. The second-order valence-corrected chi connectivity index (χ2v) is 9.83. The fourth-order valence-corrected chi connectivity index (χ4v) is 5.06. The monoisotopic (exact) mass is 476 g/mol. The number of nitrogens with one attached hydrogen (secondary N) is 1. The molecule has 1 saturated heterocycles. The van der Waals surface area contributed by atoms with E-state index < -0.39 is 0 Å². The van der Waals surface area contributed by atoms with Crippen molar-refractivity contribution in [3.63, 3.8) is 0 Å². The van der Waals surface area contributed by atoms with Crippen molar-refractivity contribution in [3.8, 4) is 0 Å². The summed E-state index contributed by atoms with van der Waals surface area (Å²) in [5.74, 6) is 0.785. The molecule has 0 radical (unpaired) electrons. The Kier molecular flexibility index (Phi) is 6.30. The number of hydrogen-bond acceptors (Lipinski definition) is 7. The van der Waals surface area contributed by atoms with Crippen LogP contribution in [0.1, 0.15) is 40.3 Å². The Hall–Kier alpha value is -3.30. The molecule has 0 bridgehead atoms. The first-order valence-electron chi connectivity index (χ1n) is 11.5. The Bertz CT molecular complexity index is 1270. The number of aryl methyl sites for hydroxylation is 1. The SMILES string of the molecule is Cc1cc(C(=O)NCc2ccc(N3CC(C)OC(C)C3)nc2)c2cnn(Cc3cccs3)c2n1. The minimum atomic E-state index is -0.147. The highest BCUT2D eigenvalue weighted by molar-refractivity contribution is 7.09. The quantitative estimate of drug-likeness (QED) is 0.456. The molecule has 5 rings (SSSR count). The van der Waals surface area contributed by atoms with Gasteiger partial charge in [0.1, 0.15) is 5.82 Å². The summed E-state index contributed by atoms with van der Waals surface area (Å²) in [6.45, 7) is 8.74. The lowest BCUT2D eigenvalue weighted by Crippen LogP contribution is -2.45. The summed E-state index contributed by atoms with van der Waals surface area (Å²) >= 11 is 1.68. The van der Waals surface area contributed by atoms with E-state index in [2.05, 4.69) is 45.2 Å². The molecule has 2 atom stereocenters. The van der Waals surface area contributed by atoms with Crippen LogP contribution in [-0.2, 0) is 17.8 Å². The molecule has 0 spiro atoms. The first-order valence-corrected chi connectivity index (χ1v) is 12.3. The average molecular weight is 477 g/mol. The summed E-state index contributed by atoms with van der Waals surface area (Å²) in [6, 6.07) is 9.93. The van der Waals surface area contributed by atoms with E-state index >= 15 is 0 Å². The topological polar surface area (TPSA) is 85.2 Å². The van der Waals surface area contributed by atoms with E-state index in [9.17, 15) is 4.79 Å². The number of ether oxygens (including phenoxy) is 1. The van der Waals surface area contributed by atoms with Gasteiger partial charge in [0.25, 0.3) is 5.91 Å². The fraction of sp³-hybridized carbons (Fsp3) is 0.360. The van der Waals surface area contributed by atoms with Crippen LogP contribution < -0.4 is 10.2 Å². The van der Waals surface area contributed by atoms with Crippen molar-refractivity contribution in [1.29, 1.82) is 0 Å². The standard InChI is InChI=1S/C25H28N6O2S/c1-16-9-21(22-12-28-31(24(22)29-16)15-20-5-4-8-34-20)25(32)27-11-19-6-7-23(26-10-19)30-13-17(2)33-18(3)14-30/h4-10,12,17-18H,11,13-15H2,1-3H3,(H,27,32). The smallest absolute Gasteiger partial charge is 0.252 e. The van der Waals surface area contributed by atoms with Gasteiger partial charge in [0.15, 0.2) is 5.65 Å². The third-order valence-corrected chi connectivity index (χ3v) is 6.73. The van der Waals surface area contributed by atoms with Gasteiger partial charge >= 0.3 is 0 Å². The highest BCUT2D eigenvalue weighted by atomic mass is 32.1. The maximum Gasteiger partial charge on any atom is 0.252 e. The minimum absolute atomic E-state index is 0.147. The van der Waals surface area contributed by atoms with Crippen molar-refractivity contribution in [1.82, 2.24) is 25.1 Å². The van der Waals surface area contributed by atoms with Crippen LogP contribution in [0.2, 0.25) is 0 Å². The van der Waals surface area contributed by atoms with Crippen molar-refractivity contribution in [3.05, 3.63) is 69.8 Å². The number of carbonyl (C=O) groups is 1. The summed E-state index contributed by atoms with van der Waals surface area (Å²) in [4.78, 5) is 25.8. The second kappa shape index (κ2) is 9.52. The van der Waals surface area contributed by atoms with E-state index in [4.69, 9.17) is 4.74 Å². The van der Waals surface area contributed by atoms with Crippen LogP contribution in [0.15, 0.2) is 48.1 Å². The Morgan fingerprint density at radius 3 is 2.74 bits per heavy atom. The van der Waals surface area contributed by atoms with Crippen LogP contribution in [0.25, 0.3) is 11.0 Å². The molecule has 0 aliphatic carbocycles. The number of hydrogen-bond donors (Lipinski definition) is 1. The summed E-state index contributed by atoms with van der Waals surface area (Å²) in [5, 5.41) is 10.3. The van der Waals surface area contributed by atoms with E-state index in [1.165, 1.54) is 4.88 Å². The zero-order valence-electron chi connectivity index (χ0n) is 19.6. The number of pyridine rings is 2. The van der Waals surface area contributed by atoms with Gasteiger partial charge in [-0.25, -0.2) is 14.6 Å². The molecule has 5 heterocycles. The van der Waals surface area contributed by atoms with Gasteiger partial charge in [-0.2, -0.15) is 5.10 Å². The van der Waals surface area contributed by atoms with E-state index in [0.717, 1.165) is 41.2 Å². The molecule has 2 unspecified atom stereocenters. The molecule has 1 aliphatic rings. The van der Waals surface area contributed by atoms with Crippen molar-refractivity contribution >= 4 is 34.1 Å². The minimum Gasteiger partial charge on any atom is -0.372 e. The fourth-order valence-electron chi connectivity index (χ4n) is 4.38. The Balaban J connectivity index is 1.28. The van der Waals surface area contributed by atoms with Crippen molar-refractivity contribution in [2.24, 2.45) is 0 Å². The predicted molar refractivity (Wildman–Crippen MR) is 133 cm³/mol. The lowest BCUT2D eigenvalue weighted by molar-refractivity contribution is -0.00546. The number of rotatable bonds is 6. The lowest BCUT2D eigenvalue weighted by atomic mass is 10.1. The van der Waals surface area contributed by atoms with E-state index in [1.54, 1.807) is 17.5 Å².